The van der Waals surface area contributed by atoms with E-state index in [-0.39, 0.29) is 30.8 Å². The highest BCUT2D eigenvalue weighted by Crippen LogP contribution is 2.47. The van der Waals surface area contributed by atoms with Gasteiger partial charge in [0.2, 0.25) is 0 Å². The molecule has 13 atom stereocenters. The normalized spacial score (nSPS) is 47.4. The lowest BCUT2D eigenvalue weighted by Gasteiger charge is -2.48. The molecule has 2 heterocycles. The van der Waals surface area contributed by atoms with Crippen LogP contribution in [0.4, 0.5) is 0 Å². The van der Waals surface area contributed by atoms with E-state index >= 15 is 0 Å². The lowest BCUT2D eigenvalue weighted by molar-refractivity contribution is -0.331. The average Bonchev–Trinajstić information content (AvgIpc) is 2.77. The summed E-state index contributed by atoms with van der Waals surface area (Å²) in [6.07, 6.45) is -9.76. The van der Waals surface area contributed by atoms with Crippen LogP contribution >= 0.6 is 0 Å². The van der Waals surface area contributed by atoms with E-state index in [9.17, 15) is 35.7 Å². The van der Waals surface area contributed by atoms with E-state index in [2.05, 4.69) is 20.8 Å². The van der Waals surface area contributed by atoms with Gasteiger partial charge in [0.1, 0.15) is 42.7 Å². The largest absolute Gasteiger partial charge is 0.393 e. The Bertz CT molecular complexity index is 661. The first-order valence-electron chi connectivity index (χ1n) is 12.6. The zero-order valence-corrected chi connectivity index (χ0v) is 21.0. The van der Waals surface area contributed by atoms with Crippen molar-refractivity contribution in [3.05, 3.63) is 0 Å². The molecule has 1 saturated carbocycles. The topological polar surface area (TPSA) is 179 Å². The molecule has 0 aromatic heterocycles. The van der Waals surface area contributed by atoms with E-state index in [0.717, 1.165) is 19.3 Å². The summed E-state index contributed by atoms with van der Waals surface area (Å²) < 4.78 is 22.5. The number of ether oxygens (including phenoxy) is 4. The van der Waals surface area contributed by atoms with E-state index in [1.807, 2.05) is 0 Å². The molecule has 0 aromatic rings. The van der Waals surface area contributed by atoms with Crippen molar-refractivity contribution in [1.82, 2.24) is 0 Å². The summed E-state index contributed by atoms with van der Waals surface area (Å²) in [5.74, 6) is 0.711. The average molecular weight is 509 g/mol. The summed E-state index contributed by atoms with van der Waals surface area (Å²) in [7, 11) is 0. The van der Waals surface area contributed by atoms with Crippen molar-refractivity contribution in [3.8, 4) is 0 Å². The van der Waals surface area contributed by atoms with Crippen LogP contribution in [0.1, 0.15) is 53.4 Å². The third kappa shape index (κ3) is 6.91. The summed E-state index contributed by atoms with van der Waals surface area (Å²) in [6, 6.07) is 0. The van der Waals surface area contributed by atoms with Crippen molar-refractivity contribution in [2.24, 2.45) is 17.3 Å². The van der Waals surface area contributed by atoms with Crippen LogP contribution in [0.3, 0.4) is 0 Å². The Balaban J connectivity index is 1.59. The molecule has 1 aliphatic carbocycles. The molecular formula is C24H44O11. The minimum atomic E-state index is -1.54. The molecule has 3 aliphatic rings. The van der Waals surface area contributed by atoms with E-state index in [0.29, 0.717) is 18.3 Å². The van der Waals surface area contributed by atoms with Gasteiger partial charge in [0.15, 0.2) is 12.6 Å². The van der Waals surface area contributed by atoms with Gasteiger partial charge in [-0.1, -0.05) is 20.8 Å². The summed E-state index contributed by atoms with van der Waals surface area (Å²) in [5, 5.41) is 70.4. The molecule has 3 rings (SSSR count). The molecule has 7 N–H and O–H groups in total. The van der Waals surface area contributed by atoms with Crippen molar-refractivity contribution in [3.63, 3.8) is 0 Å². The molecule has 2 saturated heterocycles. The van der Waals surface area contributed by atoms with Crippen molar-refractivity contribution < 1.29 is 54.7 Å². The fraction of sp³-hybridized carbons (Fsp3) is 1.00. The summed E-state index contributed by atoms with van der Waals surface area (Å²) in [4.78, 5) is 0. The van der Waals surface area contributed by atoms with Crippen molar-refractivity contribution in [1.29, 1.82) is 0 Å². The van der Waals surface area contributed by atoms with E-state index in [1.54, 1.807) is 6.92 Å². The summed E-state index contributed by atoms with van der Waals surface area (Å²) in [6.45, 7) is 7.72. The maximum atomic E-state index is 10.5. The molecule has 2 aliphatic heterocycles. The third-order valence-electron chi connectivity index (χ3n) is 7.85. The maximum Gasteiger partial charge on any atom is 0.186 e. The van der Waals surface area contributed by atoms with Gasteiger partial charge in [0, 0.05) is 0 Å². The maximum absolute atomic E-state index is 10.5. The molecule has 0 bridgehead atoms. The van der Waals surface area contributed by atoms with Crippen LogP contribution in [-0.4, -0.2) is 116 Å². The Morgan fingerprint density at radius 3 is 2.23 bits per heavy atom. The Morgan fingerprint density at radius 1 is 0.943 bits per heavy atom. The smallest absolute Gasteiger partial charge is 0.186 e. The SMILES string of the molecule is CC(O)CCC1C(C)CC(OC2OC(COC3OCC(O)C(O)C3O)C(O)C(O)C2O)CC1(C)C. The highest BCUT2D eigenvalue weighted by molar-refractivity contribution is 4.94. The van der Waals surface area contributed by atoms with Crippen LogP contribution in [0, 0.1) is 17.3 Å². The van der Waals surface area contributed by atoms with Crippen molar-refractivity contribution in [2.45, 2.75) is 121 Å². The zero-order valence-electron chi connectivity index (χ0n) is 21.0. The standard InChI is InChI=1S/C24H44O11/c1-11-7-13(8-24(3,4)14(11)6-5-12(2)25)34-23-21(31)19(29)18(28)16(35-23)10-33-22-20(30)17(27)15(26)9-32-22/h11-23,25-31H,5-10H2,1-4H3. The molecule has 3 fully saturated rings. The summed E-state index contributed by atoms with van der Waals surface area (Å²) >= 11 is 0. The van der Waals surface area contributed by atoms with Gasteiger partial charge >= 0.3 is 0 Å². The minimum absolute atomic E-state index is 0.0721. The molecule has 35 heavy (non-hydrogen) atoms. The minimum Gasteiger partial charge on any atom is -0.393 e. The molecule has 206 valence electrons. The molecule has 13 unspecified atom stereocenters. The molecule has 0 radical (unpaired) electrons. The number of aliphatic hydroxyl groups is 7. The Labute approximate surface area is 206 Å². The third-order valence-corrected chi connectivity index (χ3v) is 7.85. The lowest BCUT2D eigenvalue weighted by Crippen LogP contribution is -2.61. The Kier molecular flexibility index (Phi) is 9.94. The molecule has 0 spiro atoms. The Morgan fingerprint density at radius 2 is 1.60 bits per heavy atom. The number of hydrogen-bond donors (Lipinski definition) is 7. The van der Waals surface area contributed by atoms with Crippen LogP contribution in [0.25, 0.3) is 0 Å². The number of hydrogen-bond acceptors (Lipinski definition) is 11. The van der Waals surface area contributed by atoms with E-state index < -0.39 is 55.3 Å². The molecule has 11 heteroatoms. The highest BCUT2D eigenvalue weighted by atomic mass is 16.7. The lowest BCUT2D eigenvalue weighted by atomic mass is 9.61. The van der Waals surface area contributed by atoms with Crippen LogP contribution in [-0.2, 0) is 18.9 Å². The first-order chi connectivity index (χ1) is 16.3. The molecular weight excluding hydrogens is 464 g/mol. The number of rotatable bonds is 8. The fourth-order valence-electron chi connectivity index (χ4n) is 5.84. The van der Waals surface area contributed by atoms with Crippen LogP contribution < -0.4 is 0 Å². The van der Waals surface area contributed by atoms with Crippen LogP contribution in [0.2, 0.25) is 0 Å². The second kappa shape index (κ2) is 12.0. The van der Waals surface area contributed by atoms with Gasteiger partial charge in [-0.3, -0.25) is 0 Å². The molecule has 11 nitrogen and oxygen atoms in total. The van der Waals surface area contributed by atoms with Gasteiger partial charge in [-0.15, -0.1) is 0 Å². The Hall–Kier alpha value is -0.440. The van der Waals surface area contributed by atoms with Crippen LogP contribution in [0.15, 0.2) is 0 Å². The van der Waals surface area contributed by atoms with Gasteiger partial charge in [-0.05, 0) is 49.9 Å². The second-order valence-corrected chi connectivity index (χ2v) is 11.3. The fourth-order valence-corrected chi connectivity index (χ4v) is 5.84. The van der Waals surface area contributed by atoms with Gasteiger partial charge in [0.25, 0.3) is 0 Å². The monoisotopic (exact) mass is 508 g/mol. The van der Waals surface area contributed by atoms with Gasteiger partial charge in [-0.2, -0.15) is 0 Å². The van der Waals surface area contributed by atoms with Crippen molar-refractivity contribution in [2.75, 3.05) is 13.2 Å². The van der Waals surface area contributed by atoms with Crippen LogP contribution in [0.5, 0.6) is 0 Å². The van der Waals surface area contributed by atoms with E-state index in [1.165, 1.54) is 0 Å². The summed E-state index contributed by atoms with van der Waals surface area (Å²) in [5.41, 5.74) is -0.0721. The van der Waals surface area contributed by atoms with Gasteiger partial charge in [0.05, 0.1) is 25.4 Å². The number of aliphatic hydroxyl groups excluding tert-OH is 7. The molecule has 0 aromatic carbocycles. The predicted octanol–water partition coefficient (Wildman–Crippen LogP) is -1.13. The predicted molar refractivity (Wildman–Crippen MR) is 122 cm³/mol. The van der Waals surface area contributed by atoms with Gasteiger partial charge in [-0.25, -0.2) is 0 Å². The van der Waals surface area contributed by atoms with Crippen molar-refractivity contribution >= 4 is 0 Å². The zero-order chi connectivity index (χ0) is 26.1. The van der Waals surface area contributed by atoms with Gasteiger partial charge < -0.3 is 54.7 Å². The first kappa shape index (κ1) is 29.1. The second-order valence-electron chi connectivity index (χ2n) is 11.3. The highest BCUT2D eigenvalue weighted by Gasteiger charge is 2.48. The first-order valence-corrected chi connectivity index (χ1v) is 12.6. The molecule has 0 amide bonds. The quantitative estimate of drug-likeness (QED) is 0.211. The van der Waals surface area contributed by atoms with E-state index in [4.69, 9.17) is 18.9 Å².